The third-order valence-corrected chi connectivity index (χ3v) is 1.54. The van der Waals surface area contributed by atoms with E-state index in [1.807, 2.05) is 0 Å². The van der Waals surface area contributed by atoms with Gasteiger partial charge in [0.15, 0.2) is 0 Å². The van der Waals surface area contributed by atoms with Crippen molar-refractivity contribution in [3.05, 3.63) is 17.7 Å². The maximum Gasteiger partial charge on any atom is 0.492 e. The summed E-state index contributed by atoms with van der Waals surface area (Å²) in [7, 11) is -1.48. The van der Waals surface area contributed by atoms with Crippen molar-refractivity contribution in [2.45, 2.75) is 13.8 Å². The molecule has 4 nitrogen and oxygen atoms in total. The molecule has 0 saturated heterocycles. The van der Waals surface area contributed by atoms with Gasteiger partial charge in [-0.05, 0) is 13.8 Å². The van der Waals surface area contributed by atoms with Gasteiger partial charge in [-0.2, -0.15) is 0 Å². The van der Waals surface area contributed by atoms with Gasteiger partial charge in [0.2, 0.25) is 0 Å². The van der Waals surface area contributed by atoms with E-state index in [1.54, 1.807) is 13.8 Å². The lowest BCUT2D eigenvalue weighted by molar-refractivity contribution is 0.425. The molecule has 1 aromatic heterocycles. The van der Waals surface area contributed by atoms with E-state index in [0.29, 0.717) is 16.9 Å². The summed E-state index contributed by atoms with van der Waals surface area (Å²) in [6.45, 7) is 3.42. The summed E-state index contributed by atoms with van der Waals surface area (Å²) in [6.07, 6.45) is 1.40. The Morgan fingerprint density at radius 2 is 1.64 bits per heavy atom. The van der Waals surface area contributed by atoms with Crippen molar-refractivity contribution in [3.8, 4) is 0 Å². The minimum Gasteiger partial charge on any atom is -0.423 e. The van der Waals surface area contributed by atoms with Crippen LogP contribution >= 0.6 is 0 Å². The van der Waals surface area contributed by atoms with Crippen molar-refractivity contribution in [1.29, 1.82) is 0 Å². The highest BCUT2D eigenvalue weighted by Gasteiger charge is 2.17. The molecule has 2 N–H and O–H groups in total. The van der Waals surface area contributed by atoms with Gasteiger partial charge in [-0.3, -0.25) is 0 Å². The lowest BCUT2D eigenvalue weighted by Crippen LogP contribution is -2.35. The highest BCUT2D eigenvalue weighted by atomic mass is 16.4. The quantitative estimate of drug-likeness (QED) is 0.494. The lowest BCUT2D eigenvalue weighted by atomic mass is 9.78. The molecule has 0 atom stereocenters. The van der Waals surface area contributed by atoms with Crippen LogP contribution in [0.2, 0.25) is 0 Å². The first-order valence-electron chi connectivity index (χ1n) is 3.27. The summed E-state index contributed by atoms with van der Waals surface area (Å²) in [5, 5.41) is 17.7. The van der Waals surface area contributed by atoms with Gasteiger partial charge in [0.05, 0.1) is 0 Å². The summed E-state index contributed by atoms with van der Waals surface area (Å²) in [4.78, 5) is 7.66. The molecule has 0 fully saturated rings. The minimum atomic E-state index is -1.48. The van der Waals surface area contributed by atoms with Crippen LogP contribution in [0.3, 0.4) is 0 Å². The van der Waals surface area contributed by atoms with Crippen molar-refractivity contribution in [2.24, 2.45) is 0 Å². The Balaban J connectivity index is 3.21. The van der Waals surface area contributed by atoms with Crippen LogP contribution in [0.4, 0.5) is 0 Å². The molecule has 0 aromatic carbocycles. The lowest BCUT2D eigenvalue weighted by Gasteiger charge is -2.04. The maximum absolute atomic E-state index is 8.86. The normalized spacial score (nSPS) is 9.82. The van der Waals surface area contributed by atoms with E-state index < -0.39 is 7.12 Å². The van der Waals surface area contributed by atoms with Crippen LogP contribution in [0.5, 0.6) is 0 Å². The van der Waals surface area contributed by atoms with E-state index in [0.717, 1.165) is 0 Å². The van der Waals surface area contributed by atoms with Crippen molar-refractivity contribution in [1.82, 2.24) is 9.97 Å². The summed E-state index contributed by atoms with van der Waals surface area (Å²) >= 11 is 0. The van der Waals surface area contributed by atoms with Crippen LogP contribution in [0.15, 0.2) is 6.33 Å². The SMILES string of the molecule is Cc1ncnc(C)c1B(O)O. The largest absolute Gasteiger partial charge is 0.492 e. The number of hydrogen-bond donors (Lipinski definition) is 2. The van der Waals surface area contributed by atoms with Crippen molar-refractivity contribution >= 4 is 12.6 Å². The summed E-state index contributed by atoms with van der Waals surface area (Å²) in [5.41, 5.74) is 1.60. The molecule has 58 valence electrons. The van der Waals surface area contributed by atoms with Gasteiger partial charge in [-0.15, -0.1) is 0 Å². The standard InChI is InChI=1S/C6H9BN2O2/c1-4-6(7(10)11)5(2)9-3-8-4/h3,10-11H,1-2H3. The molecule has 0 aliphatic carbocycles. The zero-order valence-electron chi connectivity index (χ0n) is 6.44. The molecule has 5 heteroatoms. The number of aryl methyl sites for hydroxylation is 2. The topological polar surface area (TPSA) is 66.2 Å². The van der Waals surface area contributed by atoms with Crippen LogP contribution in [0, 0.1) is 13.8 Å². The van der Waals surface area contributed by atoms with E-state index in [1.165, 1.54) is 6.33 Å². The first-order valence-corrected chi connectivity index (χ1v) is 3.27. The van der Waals surface area contributed by atoms with E-state index in [2.05, 4.69) is 9.97 Å². The van der Waals surface area contributed by atoms with Gasteiger partial charge in [-0.25, -0.2) is 9.97 Å². The molecule has 0 radical (unpaired) electrons. The second kappa shape index (κ2) is 2.98. The first-order chi connectivity index (χ1) is 5.13. The fourth-order valence-electron chi connectivity index (χ4n) is 0.977. The fraction of sp³-hybridized carbons (Fsp3) is 0.333. The van der Waals surface area contributed by atoms with Gasteiger partial charge in [0.25, 0.3) is 0 Å². The predicted molar refractivity (Wildman–Crippen MR) is 41.3 cm³/mol. The molecular weight excluding hydrogens is 143 g/mol. The van der Waals surface area contributed by atoms with E-state index in [-0.39, 0.29) is 0 Å². The highest BCUT2D eigenvalue weighted by molar-refractivity contribution is 6.59. The minimum absolute atomic E-state index is 0.396. The molecule has 0 spiro atoms. The fourth-order valence-corrected chi connectivity index (χ4v) is 0.977. The number of aromatic nitrogens is 2. The third kappa shape index (κ3) is 1.55. The smallest absolute Gasteiger partial charge is 0.423 e. The molecule has 0 aliphatic rings. The highest BCUT2D eigenvalue weighted by Crippen LogP contribution is 1.92. The molecule has 1 rings (SSSR count). The number of rotatable bonds is 1. The summed E-state index contributed by atoms with van der Waals surface area (Å²) < 4.78 is 0. The maximum atomic E-state index is 8.86. The van der Waals surface area contributed by atoms with Gasteiger partial charge in [-0.1, -0.05) is 0 Å². The Morgan fingerprint density at radius 1 is 1.18 bits per heavy atom. The second-order valence-electron chi connectivity index (χ2n) is 2.33. The number of hydrogen-bond acceptors (Lipinski definition) is 4. The Hall–Kier alpha value is -0.935. The van der Waals surface area contributed by atoms with Gasteiger partial charge >= 0.3 is 7.12 Å². The molecule has 0 aliphatic heterocycles. The number of nitrogens with zero attached hydrogens (tertiary/aromatic N) is 2. The van der Waals surface area contributed by atoms with E-state index in [4.69, 9.17) is 10.0 Å². The zero-order chi connectivity index (χ0) is 8.43. The molecule has 0 unspecified atom stereocenters. The van der Waals surface area contributed by atoms with E-state index >= 15 is 0 Å². The Kier molecular flexibility index (Phi) is 2.21. The molecule has 0 bridgehead atoms. The van der Waals surface area contributed by atoms with Crippen LogP contribution in [-0.2, 0) is 0 Å². The molecule has 0 amide bonds. The molecule has 1 aromatic rings. The van der Waals surface area contributed by atoms with E-state index in [9.17, 15) is 0 Å². The molecule has 1 heterocycles. The van der Waals surface area contributed by atoms with Crippen molar-refractivity contribution < 1.29 is 10.0 Å². The predicted octanol–water partition coefficient (Wildman–Crippen LogP) is -1.23. The average molecular weight is 152 g/mol. The summed E-state index contributed by atoms with van der Waals surface area (Å²) in [6, 6.07) is 0. The first kappa shape index (κ1) is 8.16. The Labute approximate surface area is 65.1 Å². The van der Waals surface area contributed by atoms with Gasteiger partial charge in [0.1, 0.15) is 6.33 Å². The Bertz CT molecular complexity index is 245. The second-order valence-corrected chi connectivity index (χ2v) is 2.33. The van der Waals surface area contributed by atoms with Gasteiger partial charge in [0, 0.05) is 16.9 Å². The zero-order valence-corrected chi connectivity index (χ0v) is 6.44. The van der Waals surface area contributed by atoms with Crippen LogP contribution in [0.25, 0.3) is 0 Å². The van der Waals surface area contributed by atoms with Crippen molar-refractivity contribution in [3.63, 3.8) is 0 Å². The van der Waals surface area contributed by atoms with Crippen LogP contribution in [-0.4, -0.2) is 27.1 Å². The Morgan fingerprint density at radius 3 is 1.91 bits per heavy atom. The van der Waals surface area contributed by atoms with Crippen molar-refractivity contribution in [2.75, 3.05) is 0 Å². The molecule has 0 saturated carbocycles. The van der Waals surface area contributed by atoms with Crippen LogP contribution < -0.4 is 5.46 Å². The third-order valence-electron chi connectivity index (χ3n) is 1.54. The summed E-state index contributed by atoms with van der Waals surface area (Å²) in [5.74, 6) is 0. The van der Waals surface area contributed by atoms with Crippen LogP contribution in [0.1, 0.15) is 11.4 Å². The monoisotopic (exact) mass is 152 g/mol. The molecular formula is C6H9BN2O2. The molecule has 11 heavy (non-hydrogen) atoms. The average Bonchev–Trinajstić information content (AvgIpc) is 1.85. The van der Waals surface area contributed by atoms with Gasteiger partial charge < -0.3 is 10.0 Å².